The molecule has 0 bridgehead atoms. The zero-order valence-electron chi connectivity index (χ0n) is 13.9. The molecule has 120 valence electrons. The van der Waals surface area contributed by atoms with Crippen LogP contribution in [0.25, 0.3) is 11.0 Å². The van der Waals surface area contributed by atoms with Gasteiger partial charge in [-0.15, -0.1) is 0 Å². The van der Waals surface area contributed by atoms with Crippen LogP contribution < -0.4 is 11.1 Å². The van der Waals surface area contributed by atoms with Crippen LogP contribution >= 0.6 is 0 Å². The normalized spacial score (nSPS) is 15.5. The third kappa shape index (κ3) is 3.14. The third-order valence-corrected chi connectivity index (χ3v) is 4.02. The van der Waals surface area contributed by atoms with Gasteiger partial charge >= 0.3 is 0 Å². The number of amides is 1. The highest BCUT2D eigenvalue weighted by Crippen LogP contribution is 2.21. The Morgan fingerprint density at radius 1 is 1.41 bits per heavy atom. The molecule has 1 aromatic carbocycles. The van der Waals surface area contributed by atoms with E-state index in [4.69, 9.17) is 5.73 Å². The first kappa shape index (κ1) is 16.5. The van der Waals surface area contributed by atoms with Gasteiger partial charge in [0.15, 0.2) is 0 Å². The maximum atomic E-state index is 12.4. The van der Waals surface area contributed by atoms with Gasteiger partial charge in [0.2, 0.25) is 5.91 Å². The highest BCUT2D eigenvalue weighted by atomic mass is 16.2. The smallest absolute Gasteiger partial charge is 0.240 e. The van der Waals surface area contributed by atoms with Crippen LogP contribution in [-0.2, 0) is 11.3 Å². The minimum atomic E-state index is -0.841. The van der Waals surface area contributed by atoms with E-state index in [-0.39, 0.29) is 11.9 Å². The van der Waals surface area contributed by atoms with Crippen molar-refractivity contribution in [1.82, 2.24) is 14.9 Å². The topological polar surface area (TPSA) is 72.9 Å². The van der Waals surface area contributed by atoms with Crippen LogP contribution in [0.5, 0.6) is 0 Å². The lowest BCUT2D eigenvalue weighted by molar-refractivity contribution is -0.126. The van der Waals surface area contributed by atoms with Crippen molar-refractivity contribution in [3.05, 3.63) is 30.1 Å². The van der Waals surface area contributed by atoms with E-state index in [0.717, 1.165) is 29.8 Å². The number of benzene rings is 1. The molecule has 2 rings (SSSR count). The number of nitrogens with one attached hydrogen (secondary N) is 1. The van der Waals surface area contributed by atoms with Crippen LogP contribution in [-0.4, -0.2) is 21.0 Å². The van der Waals surface area contributed by atoms with E-state index in [1.165, 1.54) is 0 Å². The minimum absolute atomic E-state index is 0.128. The van der Waals surface area contributed by atoms with Crippen LogP contribution in [0.4, 0.5) is 0 Å². The van der Waals surface area contributed by atoms with Crippen LogP contribution in [0.1, 0.15) is 52.4 Å². The molecule has 3 N–H and O–H groups in total. The molecule has 1 amide bonds. The van der Waals surface area contributed by atoms with E-state index in [2.05, 4.69) is 21.8 Å². The quantitative estimate of drug-likeness (QED) is 0.861. The summed E-state index contributed by atoms with van der Waals surface area (Å²) in [7, 11) is 0. The van der Waals surface area contributed by atoms with Crippen molar-refractivity contribution in [2.45, 2.75) is 58.7 Å². The Balaban J connectivity index is 2.26. The van der Waals surface area contributed by atoms with Gasteiger partial charge in [0.05, 0.1) is 22.6 Å². The molecule has 1 heterocycles. The van der Waals surface area contributed by atoms with Crippen molar-refractivity contribution < 1.29 is 4.79 Å². The van der Waals surface area contributed by atoms with E-state index in [1.54, 1.807) is 6.92 Å². The molecule has 0 saturated heterocycles. The molecule has 5 heteroatoms. The summed E-state index contributed by atoms with van der Waals surface area (Å²) in [5.41, 5.74) is 7.30. The molecular formula is C17H26N4O. The van der Waals surface area contributed by atoms with Crippen molar-refractivity contribution in [3.63, 3.8) is 0 Å². The summed E-state index contributed by atoms with van der Waals surface area (Å²) < 4.78 is 2.13. The van der Waals surface area contributed by atoms with Gasteiger partial charge in [0.25, 0.3) is 0 Å². The lowest BCUT2D eigenvalue weighted by atomic mass is 9.96. The number of rotatable bonds is 6. The van der Waals surface area contributed by atoms with Gasteiger partial charge < -0.3 is 15.6 Å². The van der Waals surface area contributed by atoms with Gasteiger partial charge in [-0.1, -0.05) is 25.5 Å². The van der Waals surface area contributed by atoms with E-state index in [0.29, 0.717) is 6.42 Å². The maximum absolute atomic E-state index is 12.4. The Labute approximate surface area is 131 Å². The summed E-state index contributed by atoms with van der Waals surface area (Å²) >= 11 is 0. The van der Waals surface area contributed by atoms with Crippen LogP contribution in [0.3, 0.4) is 0 Å². The number of carbonyl (C=O) groups is 1. The first-order valence-corrected chi connectivity index (χ1v) is 7.95. The fourth-order valence-electron chi connectivity index (χ4n) is 2.82. The van der Waals surface area contributed by atoms with E-state index in [1.807, 2.05) is 38.1 Å². The van der Waals surface area contributed by atoms with Gasteiger partial charge in [0.1, 0.15) is 5.82 Å². The number of para-hydroxylation sites is 2. The summed E-state index contributed by atoms with van der Waals surface area (Å²) in [6, 6.07) is 7.83. The summed E-state index contributed by atoms with van der Waals surface area (Å²) in [4.78, 5) is 17.1. The molecule has 2 aromatic rings. The number of nitrogens with zero attached hydrogens (tertiary/aromatic N) is 2. The molecule has 2 unspecified atom stereocenters. The summed E-state index contributed by atoms with van der Waals surface area (Å²) in [5.74, 6) is 0.737. The van der Waals surface area contributed by atoms with E-state index in [9.17, 15) is 4.79 Å². The average molecular weight is 302 g/mol. The molecule has 5 nitrogen and oxygen atoms in total. The number of fused-ring (bicyclic) bond motifs is 1. The van der Waals surface area contributed by atoms with Gasteiger partial charge in [0, 0.05) is 6.54 Å². The molecule has 0 aliphatic rings. The molecule has 2 atom stereocenters. The number of hydrogen-bond acceptors (Lipinski definition) is 3. The maximum Gasteiger partial charge on any atom is 0.240 e. The number of aromatic nitrogens is 2. The first-order valence-electron chi connectivity index (χ1n) is 7.95. The van der Waals surface area contributed by atoms with Gasteiger partial charge in [-0.3, -0.25) is 4.79 Å². The number of hydrogen-bond donors (Lipinski definition) is 2. The molecule has 0 radical (unpaired) electrons. The highest BCUT2D eigenvalue weighted by Gasteiger charge is 2.29. The second-order valence-electron chi connectivity index (χ2n) is 6.07. The first-order chi connectivity index (χ1) is 10.4. The van der Waals surface area contributed by atoms with Crippen molar-refractivity contribution in [1.29, 1.82) is 0 Å². The Morgan fingerprint density at radius 2 is 2.09 bits per heavy atom. The van der Waals surface area contributed by atoms with Gasteiger partial charge in [-0.2, -0.15) is 0 Å². The predicted molar refractivity (Wildman–Crippen MR) is 89.5 cm³/mol. The van der Waals surface area contributed by atoms with Crippen LogP contribution in [0, 0.1) is 0 Å². The van der Waals surface area contributed by atoms with Crippen molar-refractivity contribution in [3.8, 4) is 0 Å². The van der Waals surface area contributed by atoms with Crippen molar-refractivity contribution >= 4 is 16.9 Å². The average Bonchev–Trinajstić information content (AvgIpc) is 2.85. The summed E-state index contributed by atoms with van der Waals surface area (Å²) in [5, 5.41) is 3.01. The van der Waals surface area contributed by atoms with E-state index < -0.39 is 5.54 Å². The lowest BCUT2D eigenvalue weighted by Gasteiger charge is -2.25. The zero-order valence-corrected chi connectivity index (χ0v) is 13.9. The fourth-order valence-corrected chi connectivity index (χ4v) is 2.82. The molecule has 22 heavy (non-hydrogen) atoms. The molecule has 0 saturated carbocycles. The van der Waals surface area contributed by atoms with Gasteiger partial charge in [-0.25, -0.2) is 4.98 Å². The third-order valence-electron chi connectivity index (χ3n) is 4.02. The molecule has 0 aliphatic carbocycles. The minimum Gasteiger partial charge on any atom is -0.345 e. The fraction of sp³-hybridized carbons (Fsp3) is 0.529. The number of carbonyl (C=O) groups excluding carboxylic acids is 1. The Morgan fingerprint density at radius 3 is 2.73 bits per heavy atom. The molecular weight excluding hydrogens is 276 g/mol. The Bertz CT molecular complexity index is 660. The molecule has 0 aliphatic heterocycles. The summed E-state index contributed by atoms with van der Waals surface area (Å²) in [6.07, 6.45) is 1.54. The van der Waals surface area contributed by atoms with Crippen molar-refractivity contribution in [2.24, 2.45) is 5.73 Å². The lowest BCUT2D eigenvalue weighted by Crippen LogP contribution is -2.52. The standard InChI is InChI=1S/C17H26N4O/c1-5-11-17(4,18)16(22)19-12(3)15-20-13-9-7-8-10-14(13)21(15)6-2/h7-10,12H,5-6,11,18H2,1-4H3,(H,19,22). The predicted octanol–water partition coefficient (Wildman–Crippen LogP) is 2.75. The van der Waals surface area contributed by atoms with E-state index >= 15 is 0 Å². The Kier molecular flexibility index (Phi) is 4.86. The molecule has 1 aromatic heterocycles. The number of aryl methyl sites for hydroxylation is 1. The van der Waals surface area contributed by atoms with Gasteiger partial charge in [-0.05, 0) is 39.3 Å². The largest absolute Gasteiger partial charge is 0.345 e. The zero-order chi connectivity index (χ0) is 16.3. The number of nitrogens with two attached hydrogens (primary N) is 1. The number of imidazole rings is 1. The second-order valence-corrected chi connectivity index (χ2v) is 6.07. The SMILES string of the molecule is CCCC(C)(N)C(=O)NC(C)c1nc2ccccc2n1CC. The summed E-state index contributed by atoms with van der Waals surface area (Å²) in [6.45, 7) is 8.65. The Hall–Kier alpha value is -1.88. The second kappa shape index (κ2) is 6.48. The molecule has 0 spiro atoms. The molecule has 0 fully saturated rings. The highest BCUT2D eigenvalue weighted by molar-refractivity contribution is 5.86. The van der Waals surface area contributed by atoms with Crippen LogP contribution in [0.2, 0.25) is 0 Å². The van der Waals surface area contributed by atoms with Crippen molar-refractivity contribution in [2.75, 3.05) is 0 Å². The van der Waals surface area contributed by atoms with Crippen LogP contribution in [0.15, 0.2) is 24.3 Å². The monoisotopic (exact) mass is 302 g/mol.